The van der Waals surface area contributed by atoms with Crippen LogP contribution in [0.1, 0.15) is 5.56 Å². The van der Waals surface area contributed by atoms with Crippen molar-refractivity contribution in [1.82, 2.24) is 9.97 Å². The van der Waals surface area contributed by atoms with Gasteiger partial charge in [0.2, 0.25) is 0 Å². The largest absolute Gasteiger partial charge is 0.456 e. The lowest BCUT2D eigenvalue weighted by Crippen LogP contribution is -1.89. The predicted molar refractivity (Wildman–Crippen MR) is 105 cm³/mol. The molecule has 0 spiro atoms. The molecule has 3 aromatic heterocycles. The third-order valence-electron chi connectivity index (χ3n) is 4.63. The molecule has 0 unspecified atom stereocenters. The van der Waals surface area contributed by atoms with Gasteiger partial charge in [0.15, 0.2) is 0 Å². The minimum atomic E-state index is 0.571. The maximum Gasteiger partial charge on any atom is 0.136 e. The Morgan fingerprint density at radius 3 is 2.44 bits per heavy atom. The van der Waals surface area contributed by atoms with Gasteiger partial charge in [-0.3, -0.25) is 9.97 Å². The molecule has 0 aliphatic carbocycles. The molecule has 4 heteroatoms. The van der Waals surface area contributed by atoms with Crippen LogP contribution in [0.3, 0.4) is 0 Å². The Balaban J connectivity index is 1.54. The van der Waals surface area contributed by atoms with Gasteiger partial charge in [0.05, 0.1) is 23.0 Å². The molecule has 5 aromatic rings. The van der Waals surface area contributed by atoms with Crippen molar-refractivity contribution in [1.29, 1.82) is 5.26 Å². The molecule has 126 valence electrons. The zero-order valence-electron chi connectivity index (χ0n) is 14.3. The van der Waals surface area contributed by atoms with Crippen molar-refractivity contribution in [3.05, 3.63) is 84.7 Å². The van der Waals surface area contributed by atoms with E-state index in [0.29, 0.717) is 11.3 Å². The Bertz CT molecular complexity index is 1330. The Hall–Kier alpha value is -3.97. The number of nitrogens with zero attached hydrogens (tertiary/aromatic N) is 3. The average Bonchev–Trinajstić information content (AvgIpc) is 3.12. The van der Waals surface area contributed by atoms with E-state index in [1.165, 1.54) is 0 Å². The van der Waals surface area contributed by atoms with E-state index < -0.39 is 0 Å². The standard InChI is InChI=1S/C23H13N3O/c24-13-15-9-10-25-21(11-15)20-8-6-17(14-26-20)16-5-7-19-18-3-1-2-4-22(18)27-23(19)12-16/h1-12,14H. The molecule has 0 aliphatic heterocycles. The van der Waals surface area contributed by atoms with Crippen molar-refractivity contribution in [2.45, 2.75) is 0 Å². The summed E-state index contributed by atoms with van der Waals surface area (Å²) in [6.07, 6.45) is 3.44. The molecule has 0 fully saturated rings. The Morgan fingerprint density at radius 1 is 0.741 bits per heavy atom. The first-order valence-corrected chi connectivity index (χ1v) is 8.56. The molecule has 0 atom stereocenters. The lowest BCUT2D eigenvalue weighted by molar-refractivity contribution is 0.669. The van der Waals surface area contributed by atoms with Gasteiger partial charge in [-0.15, -0.1) is 0 Å². The van der Waals surface area contributed by atoms with Gasteiger partial charge in [-0.2, -0.15) is 5.26 Å². The Kier molecular flexibility index (Phi) is 3.44. The third-order valence-corrected chi connectivity index (χ3v) is 4.63. The first-order valence-electron chi connectivity index (χ1n) is 8.56. The lowest BCUT2D eigenvalue weighted by Gasteiger charge is -2.04. The van der Waals surface area contributed by atoms with Crippen LogP contribution >= 0.6 is 0 Å². The van der Waals surface area contributed by atoms with Gasteiger partial charge < -0.3 is 4.42 Å². The highest BCUT2D eigenvalue weighted by molar-refractivity contribution is 6.05. The molecular formula is C23H13N3O. The molecule has 0 aliphatic rings. The van der Waals surface area contributed by atoms with Crippen LogP contribution in [0.4, 0.5) is 0 Å². The van der Waals surface area contributed by atoms with E-state index in [1.54, 1.807) is 18.3 Å². The molecular weight excluding hydrogens is 334 g/mol. The number of benzene rings is 2. The molecule has 27 heavy (non-hydrogen) atoms. The topological polar surface area (TPSA) is 62.7 Å². The second kappa shape index (κ2) is 6.08. The number of para-hydroxylation sites is 1. The number of aromatic nitrogens is 2. The maximum atomic E-state index is 9.03. The van der Waals surface area contributed by atoms with Crippen LogP contribution in [0.25, 0.3) is 44.5 Å². The average molecular weight is 347 g/mol. The van der Waals surface area contributed by atoms with Crippen LogP contribution in [0.5, 0.6) is 0 Å². The number of rotatable bonds is 2. The fraction of sp³-hybridized carbons (Fsp3) is 0. The minimum Gasteiger partial charge on any atom is -0.456 e. The zero-order chi connectivity index (χ0) is 18.2. The molecule has 0 saturated heterocycles. The van der Waals surface area contributed by atoms with E-state index >= 15 is 0 Å². The van der Waals surface area contributed by atoms with E-state index in [0.717, 1.165) is 38.8 Å². The molecule has 4 nitrogen and oxygen atoms in total. The Morgan fingerprint density at radius 2 is 1.59 bits per heavy atom. The molecule has 0 amide bonds. The molecule has 5 rings (SSSR count). The van der Waals surface area contributed by atoms with Gasteiger partial charge >= 0.3 is 0 Å². The second-order valence-corrected chi connectivity index (χ2v) is 6.28. The fourth-order valence-electron chi connectivity index (χ4n) is 3.26. The highest BCUT2D eigenvalue weighted by Crippen LogP contribution is 2.32. The normalized spacial score (nSPS) is 10.9. The van der Waals surface area contributed by atoms with E-state index in [-0.39, 0.29) is 0 Å². The first-order chi connectivity index (χ1) is 13.3. The van der Waals surface area contributed by atoms with Crippen LogP contribution in [-0.4, -0.2) is 9.97 Å². The van der Waals surface area contributed by atoms with Crippen molar-refractivity contribution in [3.63, 3.8) is 0 Å². The summed E-state index contributed by atoms with van der Waals surface area (Å²) in [6, 6.07) is 23.7. The summed E-state index contributed by atoms with van der Waals surface area (Å²) in [7, 11) is 0. The smallest absolute Gasteiger partial charge is 0.136 e. The third kappa shape index (κ3) is 2.62. The molecule has 3 heterocycles. The first kappa shape index (κ1) is 15.3. The predicted octanol–water partition coefficient (Wildman–Crippen LogP) is 5.58. The van der Waals surface area contributed by atoms with E-state index in [2.05, 4.69) is 34.2 Å². The molecule has 0 radical (unpaired) electrons. The van der Waals surface area contributed by atoms with Crippen LogP contribution in [-0.2, 0) is 0 Å². The molecule has 0 saturated carbocycles. The lowest BCUT2D eigenvalue weighted by atomic mass is 10.0. The van der Waals surface area contributed by atoms with E-state index in [4.69, 9.17) is 9.68 Å². The second-order valence-electron chi connectivity index (χ2n) is 6.28. The van der Waals surface area contributed by atoms with Crippen molar-refractivity contribution in [3.8, 4) is 28.6 Å². The maximum absolute atomic E-state index is 9.03. The summed E-state index contributed by atoms with van der Waals surface area (Å²) in [6.45, 7) is 0. The molecule has 0 bridgehead atoms. The summed E-state index contributed by atoms with van der Waals surface area (Å²) in [5.41, 5.74) is 5.79. The van der Waals surface area contributed by atoms with E-state index in [9.17, 15) is 0 Å². The highest BCUT2D eigenvalue weighted by atomic mass is 16.3. The van der Waals surface area contributed by atoms with Gasteiger partial charge in [-0.05, 0) is 42.0 Å². The highest BCUT2D eigenvalue weighted by Gasteiger charge is 2.09. The van der Waals surface area contributed by atoms with Gasteiger partial charge in [-0.25, -0.2) is 0 Å². The number of hydrogen-bond donors (Lipinski definition) is 0. The van der Waals surface area contributed by atoms with Crippen LogP contribution in [0.2, 0.25) is 0 Å². The van der Waals surface area contributed by atoms with Gasteiger partial charge in [0.25, 0.3) is 0 Å². The van der Waals surface area contributed by atoms with Gasteiger partial charge in [0.1, 0.15) is 11.2 Å². The van der Waals surface area contributed by atoms with E-state index in [1.807, 2.05) is 42.6 Å². The monoisotopic (exact) mass is 347 g/mol. The van der Waals surface area contributed by atoms with Crippen molar-refractivity contribution in [2.24, 2.45) is 0 Å². The summed E-state index contributed by atoms with van der Waals surface area (Å²) in [5.74, 6) is 0. The van der Waals surface area contributed by atoms with Gasteiger partial charge in [0, 0.05) is 28.7 Å². The Labute approximate surface area is 155 Å². The van der Waals surface area contributed by atoms with Crippen molar-refractivity contribution < 1.29 is 4.42 Å². The van der Waals surface area contributed by atoms with Gasteiger partial charge in [-0.1, -0.05) is 30.3 Å². The summed E-state index contributed by atoms with van der Waals surface area (Å²) < 4.78 is 5.97. The van der Waals surface area contributed by atoms with Crippen LogP contribution < -0.4 is 0 Å². The number of hydrogen-bond acceptors (Lipinski definition) is 4. The summed E-state index contributed by atoms with van der Waals surface area (Å²) >= 11 is 0. The SMILES string of the molecule is N#Cc1ccnc(-c2ccc(-c3ccc4c(c3)oc3ccccc34)cn2)c1. The van der Waals surface area contributed by atoms with Crippen molar-refractivity contribution >= 4 is 21.9 Å². The van der Waals surface area contributed by atoms with Crippen LogP contribution in [0, 0.1) is 11.3 Å². The number of nitriles is 1. The summed E-state index contributed by atoms with van der Waals surface area (Å²) in [4.78, 5) is 8.82. The number of pyridine rings is 2. The quantitative estimate of drug-likeness (QED) is 0.418. The molecule has 2 aromatic carbocycles. The van der Waals surface area contributed by atoms with Crippen molar-refractivity contribution in [2.75, 3.05) is 0 Å². The van der Waals surface area contributed by atoms with Crippen LogP contribution in [0.15, 0.2) is 83.5 Å². The number of furan rings is 1. The molecule has 0 N–H and O–H groups in total. The zero-order valence-corrected chi connectivity index (χ0v) is 14.3. The summed E-state index contributed by atoms with van der Waals surface area (Å²) in [5, 5.41) is 11.3. The fourth-order valence-corrected chi connectivity index (χ4v) is 3.26. The number of fused-ring (bicyclic) bond motifs is 3. The minimum absolute atomic E-state index is 0.571.